The summed E-state index contributed by atoms with van der Waals surface area (Å²) in [6, 6.07) is 9.91. The summed E-state index contributed by atoms with van der Waals surface area (Å²) in [6.07, 6.45) is 0. The van der Waals surface area contributed by atoms with Gasteiger partial charge in [0, 0.05) is 5.69 Å². The van der Waals surface area contributed by atoms with Crippen LogP contribution in [0.2, 0.25) is 0 Å². The summed E-state index contributed by atoms with van der Waals surface area (Å²) in [5, 5.41) is 7.51. The summed E-state index contributed by atoms with van der Waals surface area (Å²) in [5.41, 5.74) is 0.296. The molecular formula is C17H21N3O6S2. The molecule has 4 N–H and O–H groups in total. The normalized spacial score (nSPS) is 13.0. The number of sulfonamides is 2. The van der Waals surface area contributed by atoms with Crippen molar-refractivity contribution in [3.63, 3.8) is 0 Å². The van der Waals surface area contributed by atoms with E-state index in [0.717, 1.165) is 0 Å². The quantitative estimate of drug-likeness (QED) is 0.574. The van der Waals surface area contributed by atoms with Crippen LogP contribution in [-0.4, -0.2) is 35.4 Å². The highest BCUT2D eigenvalue weighted by Gasteiger charge is 2.22. The number of carbonyl (C=O) groups is 1. The molecule has 0 aliphatic carbocycles. The summed E-state index contributed by atoms with van der Waals surface area (Å²) >= 11 is 0. The number of hydrogen-bond acceptors (Lipinski definition) is 6. The minimum atomic E-state index is -3.92. The number of amides is 1. The smallest absolute Gasteiger partial charge is 0.242 e. The van der Waals surface area contributed by atoms with Crippen LogP contribution in [0.25, 0.3) is 0 Å². The van der Waals surface area contributed by atoms with Gasteiger partial charge < -0.3 is 10.1 Å². The first-order valence-electron chi connectivity index (χ1n) is 8.22. The average molecular weight is 428 g/mol. The van der Waals surface area contributed by atoms with Crippen molar-refractivity contribution < 1.29 is 26.4 Å². The molecule has 152 valence electrons. The van der Waals surface area contributed by atoms with Crippen LogP contribution in [0.1, 0.15) is 13.8 Å². The van der Waals surface area contributed by atoms with E-state index in [2.05, 4.69) is 10.0 Å². The molecule has 0 saturated heterocycles. The monoisotopic (exact) mass is 427 g/mol. The summed E-state index contributed by atoms with van der Waals surface area (Å²) in [6.45, 7) is 3.66. The van der Waals surface area contributed by atoms with Crippen LogP contribution in [0.15, 0.2) is 58.3 Å². The highest BCUT2D eigenvalue weighted by Crippen LogP contribution is 2.17. The Morgan fingerprint density at radius 3 is 2.04 bits per heavy atom. The molecule has 0 heterocycles. The summed E-state index contributed by atoms with van der Waals surface area (Å²) in [4.78, 5) is 12.1. The van der Waals surface area contributed by atoms with E-state index in [-0.39, 0.29) is 9.79 Å². The van der Waals surface area contributed by atoms with Gasteiger partial charge in [0.15, 0.2) is 0 Å². The molecule has 0 aliphatic heterocycles. The van der Waals surface area contributed by atoms with Gasteiger partial charge in [0.05, 0.1) is 22.4 Å². The number of hydrogen-bond donors (Lipinski definition) is 3. The van der Waals surface area contributed by atoms with Crippen LogP contribution in [-0.2, 0) is 24.8 Å². The molecule has 9 nitrogen and oxygen atoms in total. The standard InChI is InChI=1S/C17H21N3O6S2/c1-3-26-14-6-10-16(11-7-14)28(24,25)20-12(2)17(21)19-13-4-8-15(9-5-13)27(18,22)23/h4-12,20H,3H2,1-2H3,(H,19,21)(H2,18,22,23)/t12-/m0/s1. The number of nitrogens with one attached hydrogen (secondary N) is 2. The van der Waals surface area contributed by atoms with Gasteiger partial charge >= 0.3 is 0 Å². The van der Waals surface area contributed by atoms with Crippen molar-refractivity contribution in [2.24, 2.45) is 5.14 Å². The van der Waals surface area contributed by atoms with E-state index in [4.69, 9.17) is 9.88 Å². The maximum Gasteiger partial charge on any atom is 0.242 e. The van der Waals surface area contributed by atoms with Crippen molar-refractivity contribution in [2.45, 2.75) is 29.7 Å². The molecule has 28 heavy (non-hydrogen) atoms. The van der Waals surface area contributed by atoms with Crippen LogP contribution >= 0.6 is 0 Å². The van der Waals surface area contributed by atoms with Gasteiger partial charge in [0.2, 0.25) is 26.0 Å². The fourth-order valence-corrected chi connectivity index (χ4v) is 3.93. The first-order valence-corrected chi connectivity index (χ1v) is 11.2. The van der Waals surface area contributed by atoms with E-state index in [0.29, 0.717) is 18.0 Å². The highest BCUT2D eigenvalue weighted by atomic mass is 32.2. The Labute approximate surface area is 164 Å². The second-order valence-electron chi connectivity index (χ2n) is 5.81. The van der Waals surface area contributed by atoms with Gasteiger partial charge in [-0.15, -0.1) is 0 Å². The van der Waals surface area contributed by atoms with Crippen LogP contribution < -0.4 is 19.9 Å². The number of carbonyl (C=O) groups excluding carboxylic acids is 1. The second kappa shape index (κ2) is 8.69. The van der Waals surface area contributed by atoms with Gasteiger partial charge in [-0.3, -0.25) is 4.79 Å². The van der Waals surface area contributed by atoms with Crippen LogP contribution in [0.5, 0.6) is 5.75 Å². The molecular weight excluding hydrogens is 406 g/mol. The van der Waals surface area contributed by atoms with E-state index in [1.165, 1.54) is 55.5 Å². The fraction of sp³-hybridized carbons (Fsp3) is 0.235. The molecule has 0 fully saturated rings. The minimum absolute atomic E-state index is 0.00638. The lowest BCUT2D eigenvalue weighted by molar-refractivity contribution is -0.117. The zero-order valence-corrected chi connectivity index (χ0v) is 16.9. The molecule has 1 amide bonds. The van der Waals surface area contributed by atoms with Crippen LogP contribution in [0, 0.1) is 0 Å². The van der Waals surface area contributed by atoms with Gasteiger partial charge in [0.1, 0.15) is 5.75 Å². The number of nitrogens with two attached hydrogens (primary N) is 1. The maximum absolute atomic E-state index is 12.4. The Balaban J connectivity index is 2.04. The number of ether oxygens (including phenoxy) is 1. The molecule has 0 unspecified atom stereocenters. The van der Waals surface area contributed by atoms with E-state index in [9.17, 15) is 21.6 Å². The predicted molar refractivity (Wildman–Crippen MR) is 104 cm³/mol. The molecule has 0 radical (unpaired) electrons. The van der Waals surface area contributed by atoms with Gasteiger partial charge in [0.25, 0.3) is 0 Å². The number of rotatable bonds is 8. The molecule has 0 aromatic heterocycles. The molecule has 1 atom stereocenters. The largest absolute Gasteiger partial charge is 0.494 e. The van der Waals surface area contributed by atoms with E-state index in [1.54, 1.807) is 0 Å². The SMILES string of the molecule is CCOc1ccc(S(=O)(=O)N[C@@H](C)C(=O)Nc2ccc(S(N)(=O)=O)cc2)cc1. The van der Waals surface area contributed by atoms with Crippen molar-refractivity contribution in [1.29, 1.82) is 0 Å². The molecule has 0 aliphatic rings. The molecule has 0 spiro atoms. The molecule has 0 saturated carbocycles. The lowest BCUT2D eigenvalue weighted by Crippen LogP contribution is -2.41. The summed E-state index contributed by atoms with van der Waals surface area (Å²) in [7, 11) is -7.76. The average Bonchev–Trinajstić information content (AvgIpc) is 2.62. The minimum Gasteiger partial charge on any atom is -0.494 e. The van der Waals surface area contributed by atoms with Gasteiger partial charge in [-0.1, -0.05) is 0 Å². The van der Waals surface area contributed by atoms with Gasteiger partial charge in [-0.25, -0.2) is 22.0 Å². The number of primary sulfonamides is 1. The first-order chi connectivity index (χ1) is 13.0. The van der Waals surface area contributed by atoms with Crippen molar-refractivity contribution in [3.8, 4) is 5.75 Å². The third kappa shape index (κ3) is 5.76. The lowest BCUT2D eigenvalue weighted by Gasteiger charge is -2.15. The zero-order chi connectivity index (χ0) is 20.9. The van der Waals surface area contributed by atoms with Crippen molar-refractivity contribution in [2.75, 3.05) is 11.9 Å². The van der Waals surface area contributed by atoms with E-state index in [1.807, 2.05) is 6.92 Å². The zero-order valence-electron chi connectivity index (χ0n) is 15.2. The Kier molecular flexibility index (Phi) is 6.77. The van der Waals surface area contributed by atoms with Gasteiger partial charge in [-0.05, 0) is 62.4 Å². The Morgan fingerprint density at radius 2 is 1.54 bits per heavy atom. The molecule has 11 heteroatoms. The third-order valence-electron chi connectivity index (χ3n) is 3.62. The van der Waals surface area contributed by atoms with E-state index >= 15 is 0 Å². The predicted octanol–water partition coefficient (Wildman–Crippen LogP) is 1.04. The van der Waals surface area contributed by atoms with Crippen LogP contribution in [0.3, 0.4) is 0 Å². The fourth-order valence-electron chi connectivity index (χ4n) is 2.21. The molecule has 2 aromatic carbocycles. The summed E-state index contributed by atoms with van der Waals surface area (Å²) < 4.78 is 54.8. The van der Waals surface area contributed by atoms with Crippen molar-refractivity contribution >= 4 is 31.6 Å². The lowest BCUT2D eigenvalue weighted by atomic mass is 10.3. The third-order valence-corrected chi connectivity index (χ3v) is 6.11. The van der Waals surface area contributed by atoms with Crippen LogP contribution in [0.4, 0.5) is 5.69 Å². The Morgan fingerprint density at radius 1 is 1.00 bits per heavy atom. The highest BCUT2D eigenvalue weighted by molar-refractivity contribution is 7.89. The molecule has 2 rings (SSSR count). The van der Waals surface area contributed by atoms with Crippen molar-refractivity contribution in [1.82, 2.24) is 4.72 Å². The molecule has 0 bridgehead atoms. The maximum atomic E-state index is 12.4. The Hall–Kier alpha value is -2.47. The topological polar surface area (TPSA) is 145 Å². The first kappa shape index (κ1) is 21.8. The van der Waals surface area contributed by atoms with Gasteiger partial charge in [-0.2, -0.15) is 4.72 Å². The van der Waals surface area contributed by atoms with Crippen molar-refractivity contribution in [3.05, 3.63) is 48.5 Å². The number of benzene rings is 2. The second-order valence-corrected chi connectivity index (χ2v) is 9.08. The van der Waals surface area contributed by atoms with E-state index < -0.39 is 32.0 Å². The number of anilines is 1. The Bertz CT molecular complexity index is 1030. The summed E-state index contributed by atoms with van der Waals surface area (Å²) in [5.74, 6) is -0.0759. The molecule has 2 aromatic rings.